The Labute approximate surface area is 118 Å². The molecule has 5 N–H and O–H groups in total. The molecule has 0 aliphatic carbocycles. The number of hydrogen-bond acceptors (Lipinski definition) is 4. The minimum absolute atomic E-state index is 0.201. The quantitative estimate of drug-likeness (QED) is 0.660. The van der Waals surface area contributed by atoms with Crippen molar-refractivity contribution in [3.8, 4) is 5.75 Å². The smallest absolute Gasteiger partial charge is 0.255 e. The van der Waals surface area contributed by atoms with E-state index >= 15 is 0 Å². The van der Waals surface area contributed by atoms with Crippen LogP contribution in [0.1, 0.15) is 26.2 Å². The molecule has 0 radical (unpaired) electrons. The molecule has 1 rings (SSSR count). The standard InChI is InChI=1S/C14H21N3O3/c1-2-3-7-12(15)14(19)17-10-5-4-6-11(8-10)20-9-13(16)18/h4-6,8,12H,2-3,7,9,15H2,1H3,(H2,16,18)(H,17,19)/t12-/m0/s1. The van der Waals surface area contributed by atoms with Gasteiger partial charge in [-0.2, -0.15) is 0 Å². The van der Waals surface area contributed by atoms with E-state index in [9.17, 15) is 9.59 Å². The minimum Gasteiger partial charge on any atom is -0.484 e. The molecule has 1 aromatic rings. The van der Waals surface area contributed by atoms with Gasteiger partial charge in [0.2, 0.25) is 5.91 Å². The molecule has 2 amide bonds. The Balaban J connectivity index is 2.56. The van der Waals surface area contributed by atoms with Crippen LogP contribution in [0.25, 0.3) is 0 Å². The molecule has 0 aliphatic rings. The first-order valence-corrected chi connectivity index (χ1v) is 6.60. The number of unbranched alkanes of at least 4 members (excludes halogenated alkanes) is 1. The fourth-order valence-electron chi connectivity index (χ4n) is 1.61. The number of benzene rings is 1. The lowest BCUT2D eigenvalue weighted by atomic mass is 10.1. The third kappa shape index (κ3) is 5.71. The normalized spacial score (nSPS) is 11.7. The molecule has 1 atom stereocenters. The van der Waals surface area contributed by atoms with Crippen LogP contribution in [0.15, 0.2) is 24.3 Å². The number of carbonyl (C=O) groups excluding carboxylic acids is 2. The zero-order valence-electron chi connectivity index (χ0n) is 11.6. The lowest BCUT2D eigenvalue weighted by Gasteiger charge is -2.12. The number of rotatable bonds is 8. The molecule has 0 heterocycles. The number of amides is 2. The summed E-state index contributed by atoms with van der Waals surface area (Å²) in [6, 6.07) is 6.21. The van der Waals surface area contributed by atoms with Crippen molar-refractivity contribution in [1.29, 1.82) is 0 Å². The Kier molecular flexibility index (Phi) is 6.52. The van der Waals surface area contributed by atoms with Crippen LogP contribution in [0.5, 0.6) is 5.75 Å². The highest BCUT2D eigenvalue weighted by Gasteiger charge is 2.13. The second-order valence-corrected chi connectivity index (χ2v) is 4.52. The van der Waals surface area contributed by atoms with E-state index < -0.39 is 11.9 Å². The van der Waals surface area contributed by atoms with Gasteiger partial charge in [0.25, 0.3) is 5.91 Å². The van der Waals surface area contributed by atoms with Crippen LogP contribution in [-0.4, -0.2) is 24.5 Å². The van der Waals surface area contributed by atoms with Crippen molar-refractivity contribution in [3.05, 3.63) is 24.3 Å². The highest BCUT2D eigenvalue weighted by atomic mass is 16.5. The number of carbonyl (C=O) groups is 2. The number of primary amides is 1. The van der Waals surface area contributed by atoms with Gasteiger partial charge in [0.15, 0.2) is 6.61 Å². The van der Waals surface area contributed by atoms with Gasteiger partial charge in [-0.15, -0.1) is 0 Å². The number of ether oxygens (including phenoxy) is 1. The van der Waals surface area contributed by atoms with Gasteiger partial charge >= 0.3 is 0 Å². The van der Waals surface area contributed by atoms with Crippen molar-refractivity contribution in [2.75, 3.05) is 11.9 Å². The zero-order chi connectivity index (χ0) is 15.0. The Morgan fingerprint density at radius 1 is 1.40 bits per heavy atom. The van der Waals surface area contributed by atoms with E-state index in [1.807, 2.05) is 6.92 Å². The highest BCUT2D eigenvalue weighted by molar-refractivity contribution is 5.94. The molecule has 110 valence electrons. The molecule has 0 saturated heterocycles. The third-order valence-corrected chi connectivity index (χ3v) is 2.69. The molecule has 0 unspecified atom stereocenters. The first kappa shape index (κ1) is 16.0. The van der Waals surface area contributed by atoms with E-state index in [0.717, 1.165) is 12.8 Å². The molecule has 0 saturated carbocycles. The summed E-state index contributed by atoms with van der Waals surface area (Å²) in [5.41, 5.74) is 11.4. The summed E-state index contributed by atoms with van der Waals surface area (Å²) in [7, 11) is 0. The lowest BCUT2D eigenvalue weighted by molar-refractivity contribution is -0.120. The van der Waals surface area contributed by atoms with Crippen LogP contribution in [0.4, 0.5) is 5.69 Å². The van der Waals surface area contributed by atoms with Crippen LogP contribution >= 0.6 is 0 Å². The van der Waals surface area contributed by atoms with Crippen molar-refractivity contribution in [3.63, 3.8) is 0 Å². The van der Waals surface area contributed by atoms with Crippen molar-refractivity contribution >= 4 is 17.5 Å². The molecular weight excluding hydrogens is 258 g/mol. The first-order valence-electron chi connectivity index (χ1n) is 6.60. The molecule has 0 spiro atoms. The van der Waals surface area contributed by atoms with E-state index in [-0.39, 0.29) is 12.5 Å². The van der Waals surface area contributed by atoms with Crippen molar-refractivity contribution in [1.82, 2.24) is 0 Å². The van der Waals surface area contributed by atoms with Crippen molar-refractivity contribution < 1.29 is 14.3 Å². The Hall–Kier alpha value is -2.08. The highest BCUT2D eigenvalue weighted by Crippen LogP contribution is 2.17. The third-order valence-electron chi connectivity index (χ3n) is 2.69. The number of anilines is 1. The second kappa shape index (κ2) is 8.16. The van der Waals surface area contributed by atoms with Gasteiger partial charge in [0.05, 0.1) is 6.04 Å². The van der Waals surface area contributed by atoms with Crippen molar-refractivity contribution in [2.24, 2.45) is 11.5 Å². The monoisotopic (exact) mass is 279 g/mol. The molecule has 6 heteroatoms. The largest absolute Gasteiger partial charge is 0.484 e. The molecule has 20 heavy (non-hydrogen) atoms. The molecule has 1 aromatic carbocycles. The average Bonchev–Trinajstić information content (AvgIpc) is 2.42. The molecule has 6 nitrogen and oxygen atoms in total. The first-order chi connectivity index (χ1) is 9.52. The van der Waals surface area contributed by atoms with Crippen LogP contribution in [0.2, 0.25) is 0 Å². The Morgan fingerprint density at radius 2 is 2.15 bits per heavy atom. The van der Waals surface area contributed by atoms with Crippen LogP contribution < -0.4 is 21.5 Å². The fourth-order valence-corrected chi connectivity index (χ4v) is 1.61. The number of hydrogen-bond donors (Lipinski definition) is 3. The zero-order valence-corrected chi connectivity index (χ0v) is 11.6. The minimum atomic E-state index is -0.555. The molecule has 0 aliphatic heterocycles. The number of nitrogens with two attached hydrogens (primary N) is 2. The van der Waals surface area contributed by atoms with Crippen molar-refractivity contribution in [2.45, 2.75) is 32.2 Å². The second-order valence-electron chi connectivity index (χ2n) is 4.52. The summed E-state index contributed by atoms with van der Waals surface area (Å²) in [6.07, 6.45) is 2.56. The van der Waals surface area contributed by atoms with Gasteiger partial charge in [-0.05, 0) is 18.6 Å². The summed E-state index contributed by atoms with van der Waals surface area (Å²) in [5, 5.41) is 2.72. The topological polar surface area (TPSA) is 107 Å². The summed E-state index contributed by atoms with van der Waals surface area (Å²) >= 11 is 0. The van der Waals surface area contributed by atoms with Gasteiger partial charge in [-0.1, -0.05) is 25.8 Å². The van der Waals surface area contributed by atoms with E-state index in [0.29, 0.717) is 17.9 Å². The summed E-state index contributed by atoms with van der Waals surface area (Å²) in [5.74, 6) is -0.324. The molecular formula is C14H21N3O3. The van der Waals surface area contributed by atoms with E-state index in [1.54, 1.807) is 24.3 Å². The molecule has 0 bridgehead atoms. The van der Waals surface area contributed by atoms with Crippen LogP contribution in [0.3, 0.4) is 0 Å². The molecule has 0 fully saturated rings. The molecule has 0 aromatic heterocycles. The summed E-state index contributed by atoms with van der Waals surface area (Å²) in [4.78, 5) is 22.5. The maximum atomic E-state index is 11.8. The van der Waals surface area contributed by atoms with Gasteiger partial charge in [-0.3, -0.25) is 9.59 Å². The summed E-state index contributed by atoms with van der Waals surface area (Å²) in [6.45, 7) is 1.84. The van der Waals surface area contributed by atoms with E-state index in [2.05, 4.69) is 5.32 Å². The Bertz CT molecular complexity index is 463. The lowest BCUT2D eigenvalue weighted by Crippen LogP contribution is -2.35. The Morgan fingerprint density at radius 3 is 2.80 bits per heavy atom. The van der Waals surface area contributed by atoms with Gasteiger partial charge in [0.1, 0.15) is 5.75 Å². The van der Waals surface area contributed by atoms with Crippen LogP contribution in [0, 0.1) is 0 Å². The number of nitrogens with one attached hydrogen (secondary N) is 1. The predicted molar refractivity (Wildman–Crippen MR) is 77.3 cm³/mol. The van der Waals surface area contributed by atoms with Gasteiger partial charge < -0.3 is 21.5 Å². The fraction of sp³-hybridized carbons (Fsp3) is 0.429. The van der Waals surface area contributed by atoms with Gasteiger partial charge in [0, 0.05) is 11.8 Å². The summed E-state index contributed by atoms with van der Waals surface area (Å²) < 4.78 is 5.16. The van der Waals surface area contributed by atoms with Gasteiger partial charge in [-0.25, -0.2) is 0 Å². The SMILES string of the molecule is CCCC[C@H](N)C(=O)Nc1cccc(OCC(N)=O)c1. The van der Waals surface area contributed by atoms with Crippen LogP contribution in [-0.2, 0) is 9.59 Å². The maximum absolute atomic E-state index is 11.8. The predicted octanol–water partition coefficient (Wildman–Crippen LogP) is 1.01. The maximum Gasteiger partial charge on any atom is 0.255 e. The average molecular weight is 279 g/mol. The van der Waals surface area contributed by atoms with E-state index in [4.69, 9.17) is 16.2 Å². The van der Waals surface area contributed by atoms with E-state index in [1.165, 1.54) is 0 Å².